The summed E-state index contributed by atoms with van der Waals surface area (Å²) in [6, 6.07) is 6.57. The number of rotatable bonds is 5. The maximum Gasteiger partial charge on any atom is 0.272 e. The zero-order valence-corrected chi connectivity index (χ0v) is 13.2. The van der Waals surface area contributed by atoms with Crippen molar-refractivity contribution in [1.29, 1.82) is 0 Å². The molecule has 2 N–H and O–H groups in total. The fourth-order valence-electron chi connectivity index (χ4n) is 1.55. The van der Waals surface area contributed by atoms with E-state index in [1.165, 1.54) is 12.4 Å². The highest BCUT2D eigenvalue weighted by molar-refractivity contribution is 6.40. The van der Waals surface area contributed by atoms with Gasteiger partial charge in [0.1, 0.15) is 0 Å². The highest BCUT2D eigenvalue weighted by Gasteiger charge is 2.06. The number of carbonyl (C=O) groups excluding carboxylic acids is 2. The molecule has 2 aromatic heterocycles. The Morgan fingerprint density at radius 3 is 1.58 bits per heavy atom. The molecule has 0 saturated heterocycles. The lowest BCUT2D eigenvalue weighted by Crippen LogP contribution is -2.24. The Kier molecular flexibility index (Phi) is 5.84. The van der Waals surface area contributed by atoms with E-state index in [2.05, 4.69) is 31.0 Å². The van der Waals surface area contributed by atoms with Gasteiger partial charge >= 0.3 is 0 Å². The molecule has 0 bridgehead atoms. The van der Waals surface area contributed by atoms with E-state index in [4.69, 9.17) is 0 Å². The molecule has 2 rings (SSSR count). The Hall–Kier alpha value is -3.42. The van der Waals surface area contributed by atoms with Crippen molar-refractivity contribution in [3.05, 3.63) is 60.2 Å². The lowest BCUT2D eigenvalue weighted by Gasteiger charge is -2.03. The highest BCUT2D eigenvalue weighted by Crippen LogP contribution is 1.96. The molecule has 0 atom stereocenters. The van der Waals surface area contributed by atoms with Crippen LogP contribution in [-0.4, -0.2) is 33.2 Å². The molecule has 8 heteroatoms. The van der Waals surface area contributed by atoms with Crippen LogP contribution >= 0.6 is 0 Å². The SMILES string of the molecule is CC(=NNC(=O)c1cccnc1)/C(C)=N/NC(=O)c1cccnc1. The van der Waals surface area contributed by atoms with Crippen LogP contribution in [0.2, 0.25) is 0 Å². The van der Waals surface area contributed by atoms with Crippen LogP contribution < -0.4 is 10.9 Å². The molecule has 0 unspecified atom stereocenters. The summed E-state index contributed by atoms with van der Waals surface area (Å²) in [6.45, 7) is 3.33. The highest BCUT2D eigenvalue weighted by atomic mass is 16.2. The van der Waals surface area contributed by atoms with Gasteiger partial charge in [-0.25, -0.2) is 10.9 Å². The number of pyridine rings is 2. The van der Waals surface area contributed by atoms with E-state index in [-0.39, 0.29) is 11.8 Å². The number of nitrogens with one attached hydrogen (secondary N) is 2. The average Bonchev–Trinajstić information content (AvgIpc) is 2.64. The van der Waals surface area contributed by atoms with Crippen LogP contribution in [0.3, 0.4) is 0 Å². The van der Waals surface area contributed by atoms with Gasteiger partial charge in [-0.2, -0.15) is 10.2 Å². The van der Waals surface area contributed by atoms with Crippen molar-refractivity contribution in [1.82, 2.24) is 20.8 Å². The van der Waals surface area contributed by atoms with Crippen LogP contribution in [0.25, 0.3) is 0 Å². The monoisotopic (exact) mass is 324 g/mol. The van der Waals surface area contributed by atoms with Gasteiger partial charge in [0.15, 0.2) is 0 Å². The molecule has 0 radical (unpaired) electrons. The predicted molar refractivity (Wildman–Crippen MR) is 89.6 cm³/mol. The van der Waals surface area contributed by atoms with Crippen LogP contribution in [-0.2, 0) is 0 Å². The molecular weight excluding hydrogens is 308 g/mol. The van der Waals surface area contributed by atoms with Crippen molar-refractivity contribution < 1.29 is 9.59 Å². The van der Waals surface area contributed by atoms with Crippen LogP contribution in [0.15, 0.2) is 59.3 Å². The van der Waals surface area contributed by atoms with Gasteiger partial charge in [0.05, 0.1) is 22.6 Å². The molecule has 8 nitrogen and oxygen atoms in total. The van der Waals surface area contributed by atoms with Gasteiger partial charge in [0.25, 0.3) is 11.8 Å². The number of carbonyl (C=O) groups is 2. The van der Waals surface area contributed by atoms with Gasteiger partial charge in [-0.1, -0.05) is 0 Å². The topological polar surface area (TPSA) is 109 Å². The molecule has 0 spiro atoms. The first kappa shape index (κ1) is 16.9. The zero-order valence-electron chi connectivity index (χ0n) is 13.2. The minimum absolute atomic E-state index is 0.380. The molecule has 0 aromatic carbocycles. The summed E-state index contributed by atoms with van der Waals surface area (Å²) in [6.07, 6.45) is 6.03. The quantitative estimate of drug-likeness (QED) is 0.640. The number of aromatic nitrogens is 2. The van der Waals surface area contributed by atoms with E-state index in [1.54, 1.807) is 50.5 Å². The standard InChI is InChI=1S/C16H16N6O2/c1-11(19-21-15(23)13-5-3-7-17-9-13)12(2)20-22-16(24)14-6-4-8-18-10-14/h3-10H,1-2H3,(H,21,23)(H,22,24)/b19-11+,20-12?. The van der Waals surface area contributed by atoms with Gasteiger partial charge in [0, 0.05) is 24.8 Å². The fourth-order valence-corrected chi connectivity index (χ4v) is 1.55. The minimum Gasteiger partial charge on any atom is -0.267 e. The Morgan fingerprint density at radius 2 is 1.25 bits per heavy atom. The number of hydrogen-bond donors (Lipinski definition) is 2. The van der Waals surface area contributed by atoms with Gasteiger partial charge in [-0.05, 0) is 38.1 Å². The molecule has 0 aliphatic heterocycles. The second-order valence-electron chi connectivity index (χ2n) is 4.76. The summed E-state index contributed by atoms with van der Waals surface area (Å²) in [4.78, 5) is 31.4. The van der Waals surface area contributed by atoms with Crippen molar-refractivity contribution in [2.75, 3.05) is 0 Å². The summed E-state index contributed by atoms with van der Waals surface area (Å²) in [5.41, 5.74) is 6.52. The molecule has 122 valence electrons. The van der Waals surface area contributed by atoms with E-state index in [0.717, 1.165) is 0 Å². The normalized spacial score (nSPS) is 11.8. The summed E-state index contributed by atoms with van der Waals surface area (Å²) in [5.74, 6) is -0.760. The molecule has 0 fully saturated rings. The van der Waals surface area contributed by atoms with Crippen LogP contribution in [0.5, 0.6) is 0 Å². The lowest BCUT2D eigenvalue weighted by molar-refractivity contribution is 0.0946. The predicted octanol–water partition coefficient (Wildman–Crippen LogP) is 1.39. The Balaban J connectivity index is 1.94. The van der Waals surface area contributed by atoms with Gasteiger partial charge in [-0.15, -0.1) is 0 Å². The first-order chi connectivity index (χ1) is 11.6. The van der Waals surface area contributed by atoms with E-state index >= 15 is 0 Å². The second-order valence-corrected chi connectivity index (χ2v) is 4.76. The third kappa shape index (κ3) is 4.80. The molecule has 0 saturated carbocycles. The van der Waals surface area contributed by atoms with Crippen molar-refractivity contribution in [2.45, 2.75) is 13.8 Å². The smallest absolute Gasteiger partial charge is 0.267 e. The maximum absolute atomic E-state index is 11.8. The van der Waals surface area contributed by atoms with Crippen LogP contribution in [0, 0.1) is 0 Å². The second kappa shape index (κ2) is 8.28. The molecule has 0 aliphatic carbocycles. The van der Waals surface area contributed by atoms with Crippen molar-refractivity contribution in [3.63, 3.8) is 0 Å². The van der Waals surface area contributed by atoms with E-state index in [0.29, 0.717) is 22.6 Å². The maximum atomic E-state index is 11.8. The summed E-state index contributed by atoms with van der Waals surface area (Å²) < 4.78 is 0. The molecular formula is C16H16N6O2. The van der Waals surface area contributed by atoms with Gasteiger partial charge in [-0.3, -0.25) is 19.6 Å². The third-order valence-corrected chi connectivity index (χ3v) is 3.02. The molecule has 2 aromatic rings. The van der Waals surface area contributed by atoms with Crippen LogP contribution in [0.4, 0.5) is 0 Å². The summed E-state index contributed by atoms with van der Waals surface area (Å²) >= 11 is 0. The number of nitrogens with zero attached hydrogens (tertiary/aromatic N) is 4. The van der Waals surface area contributed by atoms with Crippen molar-refractivity contribution >= 4 is 23.2 Å². The largest absolute Gasteiger partial charge is 0.272 e. The number of amides is 2. The number of hydrazone groups is 2. The Bertz CT molecular complexity index is 704. The first-order valence-electron chi connectivity index (χ1n) is 7.07. The zero-order chi connectivity index (χ0) is 17.4. The van der Waals surface area contributed by atoms with E-state index in [1.807, 2.05) is 0 Å². The average molecular weight is 324 g/mol. The summed E-state index contributed by atoms with van der Waals surface area (Å²) in [5, 5.41) is 7.89. The molecule has 2 heterocycles. The Morgan fingerprint density at radius 1 is 0.833 bits per heavy atom. The molecule has 24 heavy (non-hydrogen) atoms. The van der Waals surface area contributed by atoms with Gasteiger partial charge < -0.3 is 0 Å². The van der Waals surface area contributed by atoms with E-state index < -0.39 is 0 Å². The minimum atomic E-state index is -0.380. The first-order valence-corrected chi connectivity index (χ1v) is 7.07. The van der Waals surface area contributed by atoms with Crippen molar-refractivity contribution in [3.8, 4) is 0 Å². The van der Waals surface area contributed by atoms with Crippen molar-refractivity contribution in [2.24, 2.45) is 10.2 Å². The third-order valence-electron chi connectivity index (χ3n) is 3.02. The Labute approximate surface area is 138 Å². The van der Waals surface area contributed by atoms with Gasteiger partial charge in [0.2, 0.25) is 0 Å². The fraction of sp³-hybridized carbons (Fsp3) is 0.125. The van der Waals surface area contributed by atoms with E-state index in [9.17, 15) is 9.59 Å². The molecule has 0 aliphatic rings. The van der Waals surface area contributed by atoms with Crippen LogP contribution in [0.1, 0.15) is 34.6 Å². The number of hydrogen-bond acceptors (Lipinski definition) is 6. The summed E-state index contributed by atoms with van der Waals surface area (Å²) in [7, 11) is 0. The lowest BCUT2D eigenvalue weighted by atomic mass is 10.3. The molecule has 2 amide bonds.